The second-order valence-corrected chi connectivity index (χ2v) is 6.28. The first-order chi connectivity index (χ1) is 9.97. The van der Waals surface area contributed by atoms with Gasteiger partial charge in [-0.15, -0.1) is 0 Å². The molecule has 1 saturated heterocycles. The van der Waals surface area contributed by atoms with Crippen LogP contribution in [-0.2, 0) is 4.79 Å². The quantitative estimate of drug-likeness (QED) is 0.860. The fourth-order valence-electron chi connectivity index (χ4n) is 2.45. The molecule has 2 atom stereocenters. The molecule has 1 fully saturated rings. The van der Waals surface area contributed by atoms with Crippen LogP contribution in [-0.4, -0.2) is 47.6 Å². The Bertz CT molecular complexity index is 535. The molecule has 2 amide bonds. The summed E-state index contributed by atoms with van der Waals surface area (Å²) < 4.78 is 0.657. The second kappa shape index (κ2) is 7.15. The van der Waals surface area contributed by atoms with E-state index in [9.17, 15) is 14.7 Å². The number of carbonyl (C=O) groups excluding carboxylic acids is 2. The fraction of sp³-hybridized carbons (Fsp3) is 0.467. The average molecular weight is 355 g/mol. The van der Waals surface area contributed by atoms with E-state index in [0.717, 1.165) is 0 Å². The van der Waals surface area contributed by atoms with Crippen molar-refractivity contribution in [1.82, 2.24) is 10.2 Å². The van der Waals surface area contributed by atoms with Crippen LogP contribution in [0.15, 0.2) is 28.7 Å². The molecule has 1 aromatic rings. The van der Waals surface area contributed by atoms with Gasteiger partial charge in [0.1, 0.15) is 0 Å². The molecule has 1 aromatic carbocycles. The molecular weight excluding hydrogens is 336 g/mol. The fourth-order valence-corrected chi connectivity index (χ4v) is 2.91. The summed E-state index contributed by atoms with van der Waals surface area (Å²) in [4.78, 5) is 25.9. The van der Waals surface area contributed by atoms with Crippen molar-refractivity contribution < 1.29 is 14.7 Å². The highest BCUT2D eigenvalue weighted by atomic mass is 79.9. The normalized spacial score (nSPS) is 22.8. The Kier molecular flexibility index (Phi) is 5.50. The number of nitrogens with one attached hydrogen (secondary N) is 1. The van der Waals surface area contributed by atoms with Crippen molar-refractivity contribution in [2.24, 2.45) is 5.92 Å². The third-order valence-electron chi connectivity index (χ3n) is 3.68. The molecule has 2 rings (SSSR count). The molecule has 114 valence electrons. The molecule has 0 aliphatic carbocycles. The lowest BCUT2D eigenvalue weighted by Crippen LogP contribution is -2.47. The predicted octanol–water partition coefficient (Wildman–Crippen LogP) is 1.41. The van der Waals surface area contributed by atoms with E-state index in [1.54, 1.807) is 18.2 Å². The summed E-state index contributed by atoms with van der Waals surface area (Å²) in [7, 11) is 0. The van der Waals surface area contributed by atoms with E-state index in [4.69, 9.17) is 0 Å². The molecule has 0 spiro atoms. The summed E-state index contributed by atoms with van der Waals surface area (Å²) in [6, 6.07) is 6.97. The lowest BCUT2D eigenvalue weighted by atomic mass is 9.97. The number of amides is 2. The number of hydrogen-bond acceptors (Lipinski definition) is 4. The SMILES string of the molecule is CC1CN(CC(=O)NC(=O)c2ccccc2Br)CCC1O. The van der Waals surface area contributed by atoms with Crippen molar-refractivity contribution >= 4 is 27.7 Å². The zero-order chi connectivity index (χ0) is 15.4. The van der Waals surface area contributed by atoms with Gasteiger partial charge in [0, 0.05) is 17.6 Å². The number of nitrogens with zero attached hydrogens (tertiary/aromatic N) is 1. The Labute approximate surface area is 132 Å². The molecule has 21 heavy (non-hydrogen) atoms. The van der Waals surface area contributed by atoms with Crippen LogP contribution in [0.3, 0.4) is 0 Å². The van der Waals surface area contributed by atoms with Crippen LogP contribution in [0.4, 0.5) is 0 Å². The maximum absolute atomic E-state index is 12.0. The number of aliphatic hydroxyl groups excluding tert-OH is 1. The molecule has 2 N–H and O–H groups in total. The van der Waals surface area contributed by atoms with Gasteiger partial charge in [0.2, 0.25) is 5.91 Å². The Balaban J connectivity index is 1.88. The van der Waals surface area contributed by atoms with Gasteiger partial charge in [0.25, 0.3) is 5.91 Å². The molecule has 2 unspecified atom stereocenters. The van der Waals surface area contributed by atoms with Gasteiger partial charge in [0.15, 0.2) is 0 Å². The number of halogens is 1. The molecule has 0 saturated carbocycles. The monoisotopic (exact) mass is 354 g/mol. The highest BCUT2D eigenvalue weighted by Gasteiger charge is 2.25. The molecule has 0 aromatic heterocycles. The first kappa shape index (κ1) is 16.1. The van der Waals surface area contributed by atoms with Gasteiger partial charge in [-0.05, 0) is 40.4 Å². The van der Waals surface area contributed by atoms with E-state index in [0.29, 0.717) is 29.5 Å². The van der Waals surface area contributed by atoms with Crippen molar-refractivity contribution in [1.29, 1.82) is 0 Å². The average Bonchev–Trinajstić information content (AvgIpc) is 2.43. The standard InChI is InChI=1S/C15H19BrN2O3/c1-10-8-18(7-6-13(10)19)9-14(20)17-15(21)11-4-2-3-5-12(11)16/h2-5,10,13,19H,6-9H2,1H3,(H,17,20,21). The molecular formula is C15H19BrN2O3. The first-order valence-electron chi connectivity index (χ1n) is 6.96. The summed E-state index contributed by atoms with van der Waals surface area (Å²) >= 11 is 3.29. The summed E-state index contributed by atoms with van der Waals surface area (Å²) in [5.41, 5.74) is 0.438. The molecule has 0 bridgehead atoms. The number of imide groups is 1. The Morgan fingerprint density at radius 1 is 1.43 bits per heavy atom. The van der Waals surface area contributed by atoms with E-state index >= 15 is 0 Å². The molecule has 0 radical (unpaired) electrons. The zero-order valence-corrected chi connectivity index (χ0v) is 13.5. The number of likely N-dealkylation sites (tertiary alicyclic amines) is 1. The summed E-state index contributed by atoms with van der Waals surface area (Å²) in [5.74, 6) is -0.581. The van der Waals surface area contributed by atoms with Crippen molar-refractivity contribution in [3.63, 3.8) is 0 Å². The minimum atomic E-state index is -0.405. The summed E-state index contributed by atoms with van der Waals surface area (Å²) in [6.07, 6.45) is 0.360. The second-order valence-electron chi connectivity index (χ2n) is 5.43. The molecule has 1 aliphatic heterocycles. The van der Waals surface area contributed by atoms with E-state index in [1.165, 1.54) is 0 Å². The lowest BCUT2D eigenvalue weighted by molar-refractivity contribution is -0.122. The minimum absolute atomic E-state index is 0.144. The topological polar surface area (TPSA) is 69.6 Å². The van der Waals surface area contributed by atoms with Gasteiger partial charge in [-0.3, -0.25) is 19.8 Å². The highest BCUT2D eigenvalue weighted by Crippen LogP contribution is 2.17. The van der Waals surface area contributed by atoms with Gasteiger partial charge < -0.3 is 5.11 Å². The number of rotatable bonds is 3. The number of piperidine rings is 1. The number of hydrogen-bond donors (Lipinski definition) is 2. The molecule has 5 nitrogen and oxygen atoms in total. The first-order valence-corrected chi connectivity index (χ1v) is 7.76. The third kappa shape index (κ3) is 4.36. The van der Waals surface area contributed by atoms with E-state index < -0.39 is 5.91 Å². The van der Waals surface area contributed by atoms with Crippen LogP contribution in [0.2, 0.25) is 0 Å². The summed E-state index contributed by atoms with van der Waals surface area (Å²) in [5, 5.41) is 12.1. The van der Waals surface area contributed by atoms with Gasteiger partial charge >= 0.3 is 0 Å². The van der Waals surface area contributed by atoms with Crippen molar-refractivity contribution in [3.05, 3.63) is 34.3 Å². The smallest absolute Gasteiger partial charge is 0.259 e. The molecule has 1 aliphatic rings. The van der Waals surface area contributed by atoms with Crippen LogP contribution in [0.5, 0.6) is 0 Å². The van der Waals surface area contributed by atoms with Gasteiger partial charge in [-0.25, -0.2) is 0 Å². The van der Waals surface area contributed by atoms with Crippen LogP contribution < -0.4 is 5.32 Å². The van der Waals surface area contributed by atoms with Gasteiger partial charge in [-0.2, -0.15) is 0 Å². The van der Waals surface area contributed by atoms with E-state index in [1.807, 2.05) is 17.9 Å². The highest BCUT2D eigenvalue weighted by molar-refractivity contribution is 9.10. The van der Waals surface area contributed by atoms with Crippen LogP contribution >= 0.6 is 15.9 Å². The maximum Gasteiger partial charge on any atom is 0.259 e. The van der Waals surface area contributed by atoms with Gasteiger partial charge in [-0.1, -0.05) is 19.1 Å². The third-order valence-corrected chi connectivity index (χ3v) is 4.37. The number of benzene rings is 1. The van der Waals surface area contributed by atoms with Crippen LogP contribution in [0, 0.1) is 5.92 Å². The van der Waals surface area contributed by atoms with E-state index in [2.05, 4.69) is 21.2 Å². The van der Waals surface area contributed by atoms with Crippen molar-refractivity contribution in [3.8, 4) is 0 Å². The van der Waals surface area contributed by atoms with Gasteiger partial charge in [0.05, 0.1) is 18.2 Å². The Morgan fingerprint density at radius 3 is 2.81 bits per heavy atom. The minimum Gasteiger partial charge on any atom is -0.393 e. The summed E-state index contributed by atoms with van der Waals surface area (Å²) in [6.45, 7) is 3.47. The Morgan fingerprint density at radius 2 is 2.14 bits per heavy atom. The predicted molar refractivity (Wildman–Crippen MR) is 82.8 cm³/mol. The molecule has 1 heterocycles. The van der Waals surface area contributed by atoms with Crippen LogP contribution in [0.25, 0.3) is 0 Å². The zero-order valence-electron chi connectivity index (χ0n) is 11.9. The molecule has 6 heteroatoms. The van der Waals surface area contributed by atoms with Crippen LogP contribution in [0.1, 0.15) is 23.7 Å². The maximum atomic E-state index is 12.0. The van der Waals surface area contributed by atoms with Crippen molar-refractivity contribution in [2.75, 3.05) is 19.6 Å². The number of aliphatic hydroxyl groups is 1. The lowest BCUT2D eigenvalue weighted by Gasteiger charge is -2.33. The largest absolute Gasteiger partial charge is 0.393 e. The number of carbonyl (C=O) groups is 2. The Hall–Kier alpha value is -1.24. The van der Waals surface area contributed by atoms with E-state index in [-0.39, 0.29) is 24.5 Å². The van der Waals surface area contributed by atoms with Crippen molar-refractivity contribution in [2.45, 2.75) is 19.4 Å².